The Labute approximate surface area is 119 Å². The molecule has 2 aromatic rings. The molecule has 1 aromatic heterocycles. The molecule has 1 unspecified atom stereocenters. The van der Waals surface area contributed by atoms with Crippen molar-refractivity contribution in [3.63, 3.8) is 0 Å². The van der Waals surface area contributed by atoms with Gasteiger partial charge in [-0.05, 0) is 18.1 Å². The van der Waals surface area contributed by atoms with Crippen LogP contribution < -0.4 is 10.6 Å². The molecule has 3 rings (SSSR count). The van der Waals surface area contributed by atoms with Gasteiger partial charge >= 0.3 is 0 Å². The third kappa shape index (κ3) is 2.52. The lowest BCUT2D eigenvalue weighted by molar-refractivity contribution is 0.687. The standard InChI is InChI=1S/C17H19N3/c1-2-15(17-11-18-12-20-17)14-8-9-16(19-10-14)13-6-4-3-5-7-13/h3-11,15,18,20H,2,12H2,1H3. The maximum absolute atomic E-state index is 4.61. The summed E-state index contributed by atoms with van der Waals surface area (Å²) in [5.41, 5.74) is 4.69. The summed E-state index contributed by atoms with van der Waals surface area (Å²) < 4.78 is 0. The summed E-state index contributed by atoms with van der Waals surface area (Å²) in [4.78, 5) is 4.61. The number of aromatic nitrogens is 1. The maximum atomic E-state index is 4.61. The molecule has 3 heteroatoms. The number of benzene rings is 1. The molecule has 0 radical (unpaired) electrons. The lowest BCUT2D eigenvalue weighted by Crippen LogP contribution is -2.17. The molecular weight excluding hydrogens is 246 g/mol. The Morgan fingerprint density at radius 3 is 2.60 bits per heavy atom. The number of nitrogens with one attached hydrogen (secondary N) is 2. The zero-order valence-corrected chi connectivity index (χ0v) is 11.6. The van der Waals surface area contributed by atoms with E-state index in [1.807, 2.05) is 24.4 Å². The number of hydrogen-bond acceptors (Lipinski definition) is 3. The summed E-state index contributed by atoms with van der Waals surface area (Å²) in [6.45, 7) is 3.03. The van der Waals surface area contributed by atoms with Gasteiger partial charge in [0.1, 0.15) is 0 Å². The van der Waals surface area contributed by atoms with Gasteiger partial charge in [0.25, 0.3) is 0 Å². The van der Waals surface area contributed by atoms with E-state index in [0.29, 0.717) is 5.92 Å². The zero-order valence-electron chi connectivity index (χ0n) is 11.6. The predicted molar refractivity (Wildman–Crippen MR) is 81.9 cm³/mol. The number of allylic oxidation sites excluding steroid dienone is 1. The maximum Gasteiger partial charge on any atom is 0.0843 e. The Balaban J connectivity index is 1.85. The highest BCUT2D eigenvalue weighted by atomic mass is 15.1. The van der Waals surface area contributed by atoms with Gasteiger partial charge in [-0.25, -0.2) is 0 Å². The summed E-state index contributed by atoms with van der Waals surface area (Å²) in [7, 11) is 0. The van der Waals surface area contributed by atoms with Crippen LogP contribution in [0, 0.1) is 0 Å². The van der Waals surface area contributed by atoms with Crippen LogP contribution in [0.5, 0.6) is 0 Å². The largest absolute Gasteiger partial charge is 0.372 e. The average Bonchev–Trinajstić information content (AvgIpc) is 3.04. The van der Waals surface area contributed by atoms with Crippen molar-refractivity contribution in [3.8, 4) is 11.3 Å². The Morgan fingerprint density at radius 2 is 2.00 bits per heavy atom. The molecule has 20 heavy (non-hydrogen) atoms. The fraction of sp³-hybridized carbons (Fsp3) is 0.235. The van der Waals surface area contributed by atoms with Crippen molar-refractivity contribution in [2.24, 2.45) is 0 Å². The molecule has 0 spiro atoms. The van der Waals surface area contributed by atoms with Crippen molar-refractivity contribution >= 4 is 0 Å². The van der Waals surface area contributed by atoms with Gasteiger partial charge in [-0.2, -0.15) is 0 Å². The van der Waals surface area contributed by atoms with E-state index in [9.17, 15) is 0 Å². The zero-order chi connectivity index (χ0) is 13.8. The Kier molecular flexibility index (Phi) is 3.68. The van der Waals surface area contributed by atoms with Crippen molar-refractivity contribution in [2.75, 3.05) is 6.67 Å². The monoisotopic (exact) mass is 265 g/mol. The third-order valence-corrected chi connectivity index (χ3v) is 3.69. The minimum Gasteiger partial charge on any atom is -0.372 e. The molecular formula is C17H19N3. The molecule has 0 fully saturated rings. The number of nitrogens with zero attached hydrogens (tertiary/aromatic N) is 1. The minimum absolute atomic E-state index is 0.391. The molecule has 1 atom stereocenters. The number of rotatable bonds is 4. The van der Waals surface area contributed by atoms with Crippen molar-refractivity contribution in [2.45, 2.75) is 19.3 Å². The van der Waals surface area contributed by atoms with Gasteiger partial charge in [-0.15, -0.1) is 0 Å². The lowest BCUT2D eigenvalue weighted by atomic mass is 9.94. The van der Waals surface area contributed by atoms with Crippen LogP contribution in [0.2, 0.25) is 0 Å². The molecule has 3 nitrogen and oxygen atoms in total. The second-order valence-electron chi connectivity index (χ2n) is 4.96. The molecule has 102 valence electrons. The first-order valence-electron chi connectivity index (χ1n) is 7.07. The van der Waals surface area contributed by atoms with Crippen LogP contribution in [0.4, 0.5) is 0 Å². The van der Waals surface area contributed by atoms with Crippen LogP contribution in [-0.4, -0.2) is 11.7 Å². The first-order chi connectivity index (χ1) is 9.88. The number of hydrogen-bond donors (Lipinski definition) is 2. The van der Waals surface area contributed by atoms with Crippen LogP contribution >= 0.6 is 0 Å². The molecule has 1 aromatic carbocycles. The molecule has 1 aliphatic heterocycles. The quantitative estimate of drug-likeness (QED) is 0.891. The molecule has 1 aliphatic rings. The van der Waals surface area contributed by atoms with Crippen molar-refractivity contribution in [1.82, 2.24) is 15.6 Å². The van der Waals surface area contributed by atoms with E-state index in [1.165, 1.54) is 11.3 Å². The van der Waals surface area contributed by atoms with Gasteiger partial charge in [0, 0.05) is 29.6 Å². The van der Waals surface area contributed by atoms with Crippen LogP contribution in [0.25, 0.3) is 11.3 Å². The Morgan fingerprint density at radius 1 is 1.15 bits per heavy atom. The summed E-state index contributed by atoms with van der Waals surface area (Å²) in [5, 5.41) is 6.58. The second-order valence-corrected chi connectivity index (χ2v) is 4.96. The molecule has 2 N–H and O–H groups in total. The average molecular weight is 265 g/mol. The highest BCUT2D eigenvalue weighted by Gasteiger charge is 2.17. The van der Waals surface area contributed by atoms with Gasteiger partial charge in [-0.3, -0.25) is 4.98 Å². The van der Waals surface area contributed by atoms with Gasteiger partial charge in [0.2, 0.25) is 0 Å². The molecule has 0 saturated heterocycles. The SMILES string of the molecule is CCC(C1=CNCN1)c1ccc(-c2ccccc2)nc1. The fourth-order valence-corrected chi connectivity index (χ4v) is 2.62. The number of pyridine rings is 1. The van der Waals surface area contributed by atoms with Crippen molar-refractivity contribution < 1.29 is 0 Å². The van der Waals surface area contributed by atoms with E-state index in [-0.39, 0.29) is 0 Å². The van der Waals surface area contributed by atoms with E-state index in [2.05, 4.69) is 53.0 Å². The van der Waals surface area contributed by atoms with Crippen molar-refractivity contribution in [1.29, 1.82) is 0 Å². The first kappa shape index (κ1) is 12.7. The van der Waals surface area contributed by atoms with Gasteiger partial charge in [0.15, 0.2) is 0 Å². The van der Waals surface area contributed by atoms with E-state index in [1.54, 1.807) is 0 Å². The van der Waals surface area contributed by atoms with Gasteiger partial charge in [0.05, 0.1) is 12.4 Å². The highest BCUT2D eigenvalue weighted by Crippen LogP contribution is 2.27. The lowest BCUT2D eigenvalue weighted by Gasteiger charge is -2.16. The topological polar surface area (TPSA) is 37.0 Å². The summed E-state index contributed by atoms with van der Waals surface area (Å²) in [6, 6.07) is 14.6. The summed E-state index contributed by atoms with van der Waals surface area (Å²) >= 11 is 0. The Hall–Kier alpha value is -2.29. The normalized spacial score (nSPS) is 15.2. The van der Waals surface area contributed by atoms with Crippen molar-refractivity contribution in [3.05, 3.63) is 66.1 Å². The van der Waals surface area contributed by atoms with Crippen LogP contribution in [0.1, 0.15) is 24.8 Å². The molecule has 0 amide bonds. The molecule has 2 heterocycles. The van der Waals surface area contributed by atoms with Gasteiger partial charge in [-0.1, -0.05) is 43.3 Å². The van der Waals surface area contributed by atoms with E-state index in [4.69, 9.17) is 0 Å². The van der Waals surface area contributed by atoms with Gasteiger partial charge < -0.3 is 10.6 Å². The van der Waals surface area contributed by atoms with E-state index in [0.717, 1.165) is 24.3 Å². The smallest absolute Gasteiger partial charge is 0.0843 e. The highest BCUT2D eigenvalue weighted by molar-refractivity contribution is 5.58. The molecule has 0 saturated carbocycles. The first-order valence-corrected chi connectivity index (χ1v) is 7.07. The van der Waals surface area contributed by atoms with Crippen LogP contribution in [0.15, 0.2) is 60.6 Å². The van der Waals surface area contributed by atoms with E-state index < -0.39 is 0 Å². The summed E-state index contributed by atoms with van der Waals surface area (Å²) in [5.74, 6) is 0.391. The fourth-order valence-electron chi connectivity index (χ4n) is 2.62. The second kappa shape index (κ2) is 5.78. The van der Waals surface area contributed by atoms with Crippen LogP contribution in [-0.2, 0) is 0 Å². The summed E-state index contributed by atoms with van der Waals surface area (Å²) in [6.07, 6.45) is 5.13. The third-order valence-electron chi connectivity index (χ3n) is 3.69. The molecule has 0 bridgehead atoms. The predicted octanol–water partition coefficient (Wildman–Crippen LogP) is 3.23. The Bertz CT molecular complexity index is 587. The molecule has 0 aliphatic carbocycles. The minimum atomic E-state index is 0.391. The van der Waals surface area contributed by atoms with E-state index >= 15 is 0 Å². The van der Waals surface area contributed by atoms with Crippen LogP contribution in [0.3, 0.4) is 0 Å².